The Hall–Kier alpha value is -0.938. The SMILES string of the molecule is O=S(=O)(O)C(F)(F)F.[C-]#[O+].[C-]#[O+].[C-]#[O+].[C-]#[O+].[C-]#[O+].[Re]. The monoisotopic (exact) mass is 477 g/mol. The van der Waals surface area contributed by atoms with Crippen LogP contribution in [0.1, 0.15) is 0 Å². The quantitative estimate of drug-likeness (QED) is 0.230. The van der Waals surface area contributed by atoms with Crippen LogP contribution < -0.4 is 0 Å². The molecule has 0 aliphatic heterocycles. The molecule has 0 aromatic heterocycles. The molecule has 0 saturated carbocycles. The van der Waals surface area contributed by atoms with Gasteiger partial charge in [-0.05, 0) is 0 Å². The Bertz CT molecular complexity index is 315. The van der Waals surface area contributed by atoms with Crippen molar-refractivity contribution >= 4 is 10.1 Å². The first-order valence-corrected chi connectivity index (χ1v) is 3.75. The van der Waals surface area contributed by atoms with Gasteiger partial charge in [0.25, 0.3) is 0 Å². The molecule has 0 spiro atoms. The van der Waals surface area contributed by atoms with Gasteiger partial charge in [0.2, 0.25) is 0 Å². The van der Waals surface area contributed by atoms with E-state index in [1.807, 2.05) is 0 Å². The van der Waals surface area contributed by atoms with Gasteiger partial charge in [0.05, 0.1) is 0 Å². The van der Waals surface area contributed by atoms with E-state index in [0.717, 1.165) is 0 Å². The summed E-state index contributed by atoms with van der Waals surface area (Å²) in [6.07, 6.45) is 0. The fourth-order valence-corrected chi connectivity index (χ4v) is 0. The van der Waals surface area contributed by atoms with Gasteiger partial charge in [0.15, 0.2) is 0 Å². The van der Waals surface area contributed by atoms with Crippen molar-refractivity contribution in [2.75, 3.05) is 0 Å². The van der Waals surface area contributed by atoms with Gasteiger partial charge >= 0.3 is 72.1 Å². The standard InChI is InChI=1S/CHF3O3S.5CO.Re/c2-1(3,4)8(5,6)7;5*1-2;/h(H,5,6,7);;;;;;. The van der Waals surface area contributed by atoms with E-state index in [1.54, 1.807) is 0 Å². The minimum Gasteiger partial charge on any atom is 0 e. The van der Waals surface area contributed by atoms with E-state index in [9.17, 15) is 13.2 Å². The number of halogens is 3. The van der Waals surface area contributed by atoms with Crippen LogP contribution in [-0.2, 0) is 53.8 Å². The second-order valence-corrected chi connectivity index (χ2v) is 2.33. The molecule has 0 saturated heterocycles. The Kier molecular flexibility index (Phi) is 81.4. The molecule has 0 aromatic rings. The minimum atomic E-state index is -5.84. The van der Waals surface area contributed by atoms with Gasteiger partial charge in [0.1, 0.15) is 0 Å². The molecule has 107 valence electrons. The Balaban J connectivity index is -0.0000000223. The Morgan fingerprint density at radius 2 is 0.789 bits per heavy atom. The largest absolute Gasteiger partial charge is 0 e. The predicted molar refractivity (Wildman–Crippen MR) is 37.3 cm³/mol. The maximum Gasteiger partial charge on any atom is 0 e. The zero-order valence-corrected chi connectivity index (χ0v) is 11.8. The molecule has 1 N–H and O–H groups in total. The third kappa shape index (κ3) is 59.6. The maximum absolute atomic E-state index is 10.7. The van der Waals surface area contributed by atoms with Crippen LogP contribution in [0, 0.1) is 33.3 Å². The van der Waals surface area contributed by atoms with Gasteiger partial charge in [-0.3, -0.25) is 4.55 Å². The van der Waals surface area contributed by atoms with Crippen molar-refractivity contribution in [1.82, 2.24) is 0 Å². The van der Waals surface area contributed by atoms with E-state index in [-0.39, 0.29) is 20.4 Å². The van der Waals surface area contributed by atoms with E-state index in [2.05, 4.69) is 33.3 Å². The summed E-state index contributed by atoms with van der Waals surface area (Å²) in [5.74, 6) is 0. The van der Waals surface area contributed by atoms with Crippen molar-refractivity contribution in [1.29, 1.82) is 0 Å². The summed E-state index contributed by atoms with van der Waals surface area (Å²) in [6.45, 7) is 22.5. The second kappa shape index (κ2) is 36.0. The van der Waals surface area contributed by atoms with Crippen molar-refractivity contribution in [3.05, 3.63) is 33.3 Å². The van der Waals surface area contributed by atoms with E-state index < -0.39 is 15.6 Å². The first kappa shape index (κ1) is 43.0. The number of hydrogen-bond acceptors (Lipinski definition) is 2. The molecule has 0 heterocycles. The van der Waals surface area contributed by atoms with Gasteiger partial charge in [-0.2, -0.15) is 21.6 Å². The average Bonchev–Trinajstić information content (AvgIpc) is 2.39. The van der Waals surface area contributed by atoms with E-state index in [1.165, 1.54) is 0 Å². The third-order valence-corrected chi connectivity index (χ3v) is 0.877. The predicted octanol–water partition coefficient (Wildman–Crippen LogP) is 0.204. The number of rotatable bonds is 0. The molecule has 0 aromatic carbocycles. The first-order chi connectivity index (χ1) is 8.25. The van der Waals surface area contributed by atoms with Crippen molar-refractivity contribution in [2.24, 2.45) is 0 Å². The molecule has 19 heavy (non-hydrogen) atoms. The van der Waals surface area contributed by atoms with Crippen LogP contribution in [0.5, 0.6) is 0 Å². The van der Waals surface area contributed by atoms with E-state index in [4.69, 9.17) is 36.2 Å². The molecule has 0 bridgehead atoms. The molecule has 13 heteroatoms. The van der Waals surface area contributed by atoms with Gasteiger partial charge in [-0.1, -0.05) is 0 Å². The Morgan fingerprint density at radius 1 is 0.737 bits per heavy atom. The number of alkyl halides is 3. The van der Waals surface area contributed by atoms with Crippen LogP contribution in [0.15, 0.2) is 0 Å². The van der Waals surface area contributed by atoms with E-state index >= 15 is 0 Å². The fourth-order valence-electron chi connectivity index (χ4n) is 0. The molecule has 0 aliphatic rings. The van der Waals surface area contributed by atoms with Crippen molar-refractivity contribution in [3.63, 3.8) is 0 Å². The zero-order valence-electron chi connectivity index (χ0n) is 8.23. The van der Waals surface area contributed by atoms with Crippen molar-refractivity contribution < 1.29 is 69.8 Å². The molecule has 0 amide bonds. The molecule has 0 fully saturated rings. The molecule has 0 unspecified atom stereocenters. The summed E-state index contributed by atoms with van der Waals surface area (Å²) in [5.41, 5.74) is -5.53. The van der Waals surface area contributed by atoms with Crippen LogP contribution >= 0.6 is 0 Å². The number of hydrogen-bond donors (Lipinski definition) is 1. The molecular weight excluding hydrogens is 475 g/mol. The second-order valence-electron chi connectivity index (χ2n) is 0.921. The summed E-state index contributed by atoms with van der Waals surface area (Å²) in [4.78, 5) is 0. The van der Waals surface area contributed by atoms with Crippen molar-refractivity contribution in [2.45, 2.75) is 5.51 Å². The summed E-state index contributed by atoms with van der Waals surface area (Å²) >= 11 is 0. The van der Waals surface area contributed by atoms with Gasteiger partial charge < -0.3 is 0 Å². The van der Waals surface area contributed by atoms with Gasteiger partial charge in [-0.25, -0.2) is 0 Å². The van der Waals surface area contributed by atoms with Crippen LogP contribution in [0.25, 0.3) is 0 Å². The zero-order chi connectivity index (χ0) is 17.0. The molecule has 0 aliphatic carbocycles. The molecule has 0 atom stereocenters. The van der Waals surface area contributed by atoms with Crippen LogP contribution in [-0.4, -0.2) is 18.5 Å². The third-order valence-electron chi connectivity index (χ3n) is 0.292. The summed E-state index contributed by atoms with van der Waals surface area (Å²) in [6, 6.07) is 0. The smallest absolute Gasteiger partial charge is 0 e. The Labute approximate surface area is 119 Å². The van der Waals surface area contributed by atoms with Crippen molar-refractivity contribution in [3.8, 4) is 0 Å². The first-order valence-electron chi connectivity index (χ1n) is 2.31. The van der Waals surface area contributed by atoms with Gasteiger partial charge in [-0.15, -0.1) is 0 Å². The molecule has 0 rings (SSSR count). The maximum atomic E-state index is 10.7. The van der Waals surface area contributed by atoms with Gasteiger partial charge in [0, 0.05) is 20.4 Å². The van der Waals surface area contributed by atoms with Crippen LogP contribution in [0.4, 0.5) is 13.2 Å². The fraction of sp³-hybridized carbons (Fsp3) is 0.167. The summed E-state index contributed by atoms with van der Waals surface area (Å²) in [7, 11) is -5.84. The molecular formula is C6HF3O8ReS. The van der Waals surface area contributed by atoms with Crippen LogP contribution in [0.3, 0.4) is 0 Å². The Morgan fingerprint density at radius 3 is 0.789 bits per heavy atom. The average molecular weight is 476 g/mol. The summed E-state index contributed by atoms with van der Waals surface area (Å²) < 4.78 is 95.0. The normalized spacial score (nSPS) is 6.42. The van der Waals surface area contributed by atoms with E-state index in [0.29, 0.717) is 0 Å². The minimum absolute atomic E-state index is 0. The van der Waals surface area contributed by atoms with Crippen LogP contribution in [0.2, 0.25) is 0 Å². The topological polar surface area (TPSA) is 154 Å². The molecule has 1 radical (unpaired) electrons. The summed E-state index contributed by atoms with van der Waals surface area (Å²) in [5, 5.41) is 0. The molecule has 8 nitrogen and oxygen atoms in total.